The molecule has 22 rings (SSSR count). The second kappa shape index (κ2) is 37.3. The molecule has 7 heterocycles. The smallest absolute Gasteiger partial charge is 0.185 e. The molecule has 4 radical (unpaired) electrons. The molecule has 3 aliphatic heterocycles. The average molecular weight is 2340 g/mol. The van der Waals surface area contributed by atoms with E-state index in [4.69, 9.17) is 19.0 Å². The minimum atomic E-state index is -3.07. The number of aromatic nitrogens is 4. The van der Waals surface area contributed by atoms with Gasteiger partial charge in [0.1, 0.15) is 7.14 Å². The molecule has 15 aromatic carbocycles. The van der Waals surface area contributed by atoms with Gasteiger partial charge in [-0.05, 0) is 125 Å². The van der Waals surface area contributed by atoms with Gasteiger partial charge in [-0.25, -0.2) is 0 Å². The van der Waals surface area contributed by atoms with Gasteiger partial charge in [-0.2, -0.15) is 0 Å². The van der Waals surface area contributed by atoms with Gasteiger partial charge in [-0.3, -0.25) is 4.98 Å². The Bertz CT molecular complexity index is 6920. The van der Waals surface area contributed by atoms with Gasteiger partial charge >= 0.3 is 0 Å². The number of fused-ring (bicyclic) bond motifs is 13. The Morgan fingerprint density at radius 1 is 0.392 bits per heavy atom. The molecule has 120 heavy (non-hydrogen) atoms. The summed E-state index contributed by atoms with van der Waals surface area (Å²) in [6.45, 7) is 5.98. The van der Waals surface area contributed by atoms with Crippen molar-refractivity contribution in [1.29, 1.82) is 0 Å². The number of pyridine rings is 4. The van der Waals surface area contributed by atoms with E-state index in [0.29, 0.717) is 0 Å². The zero-order valence-corrected chi connectivity index (χ0v) is 78.1. The fraction of sp³-hybridized carbons (Fsp3) is 0.0577. The van der Waals surface area contributed by atoms with Gasteiger partial charge in [0.05, 0.1) is 18.7 Å². The van der Waals surface area contributed by atoms with E-state index in [1.165, 1.54) is 42.8 Å². The minimum absolute atomic E-state index is 0. The van der Waals surface area contributed by atoms with Crippen molar-refractivity contribution < 1.29 is 98.6 Å². The molecule has 4 aromatic heterocycles. The number of para-hydroxylation sites is 1. The molecule has 1 saturated heterocycles. The number of hydrogen-bond donors (Lipinski definition) is 0. The van der Waals surface area contributed by atoms with Crippen LogP contribution < -0.4 is 53.0 Å². The third-order valence-electron chi connectivity index (χ3n) is 22.1. The number of rotatable bonds is 9. The molecule has 19 aromatic rings. The fourth-order valence-corrected chi connectivity index (χ4v) is 26.7. The molecule has 0 amide bonds. The molecule has 8 nitrogen and oxygen atoms in total. The van der Waals surface area contributed by atoms with E-state index in [1.807, 2.05) is 195 Å². The summed E-state index contributed by atoms with van der Waals surface area (Å²) >= 11 is 0. The van der Waals surface area contributed by atoms with Gasteiger partial charge < -0.3 is 33.1 Å². The molecule has 0 saturated carbocycles. The third-order valence-corrected chi connectivity index (χ3v) is 32.4. The first kappa shape index (κ1) is 85.3. The Balaban J connectivity index is 0.000000124. The molecule has 0 unspecified atom stereocenters. The molecule has 0 spiro atoms. The molecule has 0 bridgehead atoms. The van der Waals surface area contributed by atoms with Crippen molar-refractivity contribution in [2.75, 3.05) is 13.2 Å². The van der Waals surface area contributed by atoms with Gasteiger partial charge in [-0.15, -0.1) is 113 Å². The Labute approximate surface area is 755 Å². The van der Waals surface area contributed by atoms with Crippen LogP contribution in [0.15, 0.2) is 377 Å². The van der Waals surface area contributed by atoms with E-state index >= 15 is 4.57 Å². The molecule has 16 heteroatoms. The SMILES string of the molecule is CC1(C)c2ccccc2P(=O)(c2cc[c-]c(-c3ccc4ccccc4n3)c2)c2ccccc21.O=P1(c2c[c-]c(-c3cc4ccccc4cn3)cc2)c2ccccc2-c2ccccc21.[Ir].[Ir].[Ir].[Ir].[c-]1ccc(P(c2ccccc2)c2ccccc2)c2ccc3c4ccccc4cnc3c12.[c-]1ccc(P2OCCCO2)cc1-c1nccc2ccccc12. The summed E-state index contributed by atoms with van der Waals surface area (Å²) in [6, 6.07) is 135. The van der Waals surface area contributed by atoms with Gasteiger partial charge in [0.2, 0.25) is 0 Å². The van der Waals surface area contributed by atoms with Crippen molar-refractivity contribution in [3.63, 3.8) is 0 Å². The molecular weight excluding hydrogens is 2260 g/mol. The van der Waals surface area contributed by atoms with Crippen molar-refractivity contribution in [1.82, 2.24) is 19.9 Å². The predicted molar refractivity (Wildman–Crippen MR) is 485 cm³/mol. The second-order valence-electron chi connectivity index (χ2n) is 29.4. The first-order chi connectivity index (χ1) is 57.1. The largest absolute Gasteiger partial charge is 0.332 e. The van der Waals surface area contributed by atoms with E-state index < -0.39 is 30.6 Å². The third kappa shape index (κ3) is 16.3. The summed E-state index contributed by atoms with van der Waals surface area (Å²) in [7, 11) is -7.62. The molecule has 0 aliphatic carbocycles. The summed E-state index contributed by atoms with van der Waals surface area (Å²) in [5.41, 5.74) is 11.5. The van der Waals surface area contributed by atoms with Crippen molar-refractivity contribution in [2.45, 2.75) is 25.7 Å². The maximum Gasteiger partial charge on any atom is 0.185 e. The van der Waals surface area contributed by atoms with Crippen LogP contribution >= 0.6 is 30.6 Å². The molecule has 1 fully saturated rings. The van der Waals surface area contributed by atoms with E-state index in [9.17, 15) is 4.57 Å². The maximum atomic E-state index is 15.1. The van der Waals surface area contributed by atoms with Crippen LogP contribution in [0.1, 0.15) is 31.4 Å². The van der Waals surface area contributed by atoms with Crippen LogP contribution in [0.2, 0.25) is 0 Å². The van der Waals surface area contributed by atoms with Crippen molar-refractivity contribution in [3.05, 3.63) is 412 Å². The number of benzene rings is 15. The van der Waals surface area contributed by atoms with Crippen molar-refractivity contribution in [2.24, 2.45) is 0 Å². The Kier molecular flexibility index (Phi) is 26.5. The van der Waals surface area contributed by atoms with Gasteiger partial charge in [0, 0.05) is 126 Å². The van der Waals surface area contributed by atoms with Crippen LogP contribution in [0.3, 0.4) is 0 Å². The molecule has 0 atom stereocenters. The van der Waals surface area contributed by atoms with Gasteiger partial charge in [0.15, 0.2) is 15.5 Å². The van der Waals surface area contributed by atoms with Crippen LogP contribution in [0.25, 0.3) is 110 Å². The molecular formula is C104H74Ir4N4O4P4-4. The average Bonchev–Trinajstić information content (AvgIpc) is 0.719. The van der Waals surface area contributed by atoms with E-state index in [2.05, 4.69) is 230 Å². The van der Waals surface area contributed by atoms with Gasteiger partial charge in [-0.1, -0.05) is 320 Å². The minimum Gasteiger partial charge on any atom is -0.332 e. The Morgan fingerprint density at radius 2 is 0.942 bits per heavy atom. The molecule has 594 valence electrons. The first-order valence-electron chi connectivity index (χ1n) is 38.8. The van der Waals surface area contributed by atoms with Crippen LogP contribution in [0, 0.1) is 24.3 Å². The van der Waals surface area contributed by atoms with E-state index in [0.717, 1.165) is 151 Å². The van der Waals surface area contributed by atoms with Crippen LogP contribution in [-0.4, -0.2) is 33.1 Å². The monoisotopic (exact) mass is 2340 g/mol. The standard InChI is InChI=1S/C30H23NOP.C29H19NP.C27H17NOP.C18H15NO2P.4Ir/c1-30(2)24-13-4-7-16-28(24)33(32,29-17-8-5-14-25(29)30)23-12-9-11-22(20-23)27-19-18-21-10-3-6-15-26(21)31-27;1-3-11-22(12-4-1)31(23-13-5-2-6-14-23)28-17-9-16-26-25(28)18-19-27-24-15-8-7-10-21(24)20-30-29(26)27;29-30(26-11-5-3-9-23(26)24-10-4-6-12-27(24)30)22-15-13-19(14-16-22)25-17-20-7-1-2-8-21(20)18-28-25;1-2-8-17-14(5-1)9-10-19-18(17)15-6-3-7-16(13-15)22-20-11-4-12-21-22;;;;/h3-10,12-20H,1-2H3;1-15,17-20H;1-13,15-18H;1-3,5,7-10,13H,4,11-12H2;;;;/q4*-1;;;;. The van der Waals surface area contributed by atoms with Crippen molar-refractivity contribution in [3.8, 4) is 44.9 Å². The number of hydrogen-bond acceptors (Lipinski definition) is 8. The van der Waals surface area contributed by atoms with E-state index in [-0.39, 0.29) is 85.8 Å². The first-order valence-corrected chi connectivity index (χ1v) is 44.8. The van der Waals surface area contributed by atoms with Crippen LogP contribution in [-0.2, 0) is 104 Å². The van der Waals surface area contributed by atoms with Crippen molar-refractivity contribution >= 4 is 149 Å². The van der Waals surface area contributed by atoms with Crippen LogP contribution in [0.4, 0.5) is 0 Å². The zero-order valence-electron chi connectivity index (χ0n) is 65.0. The van der Waals surface area contributed by atoms with Crippen LogP contribution in [0.5, 0.6) is 0 Å². The predicted octanol–water partition coefficient (Wildman–Crippen LogP) is 21.5. The quantitative estimate of drug-likeness (QED) is 0.0800. The maximum absolute atomic E-state index is 15.1. The topological polar surface area (TPSA) is 104 Å². The normalized spacial score (nSPS) is 13.6. The Hall–Kier alpha value is -9.70. The fourth-order valence-electron chi connectivity index (χ4n) is 16.4. The molecule has 3 aliphatic rings. The van der Waals surface area contributed by atoms with E-state index in [1.54, 1.807) is 0 Å². The second-order valence-corrected chi connectivity index (χ2v) is 38.5. The summed E-state index contributed by atoms with van der Waals surface area (Å²) in [4.78, 5) is 18.9. The summed E-state index contributed by atoms with van der Waals surface area (Å²) in [5.74, 6) is 0. The summed E-state index contributed by atoms with van der Waals surface area (Å²) < 4.78 is 41.1. The van der Waals surface area contributed by atoms with Gasteiger partial charge in [0.25, 0.3) is 0 Å². The Morgan fingerprint density at radius 3 is 1.62 bits per heavy atom. The number of nitrogens with zero attached hydrogens (tertiary/aromatic N) is 4. The summed E-state index contributed by atoms with van der Waals surface area (Å²) in [5, 5.41) is 22.0. The summed E-state index contributed by atoms with van der Waals surface area (Å²) in [6.07, 6.45) is 6.68. The molecule has 0 N–H and O–H groups in total. The zero-order chi connectivity index (χ0) is 78.2.